The Morgan fingerprint density at radius 3 is 2.45 bits per heavy atom. The van der Waals surface area contributed by atoms with Gasteiger partial charge in [0.2, 0.25) is 0 Å². The van der Waals surface area contributed by atoms with Gasteiger partial charge in [0, 0.05) is 38.3 Å². The highest BCUT2D eigenvalue weighted by atomic mass is 19.1. The lowest BCUT2D eigenvalue weighted by Crippen LogP contribution is -2.46. The summed E-state index contributed by atoms with van der Waals surface area (Å²) in [4.78, 5) is 21.4. The van der Waals surface area contributed by atoms with Crippen molar-refractivity contribution >= 4 is 17.4 Å². The lowest BCUT2D eigenvalue weighted by molar-refractivity contribution is 0.102. The van der Waals surface area contributed by atoms with Crippen LogP contribution < -0.4 is 10.2 Å². The minimum Gasteiger partial charge on any atom is -0.354 e. The highest BCUT2D eigenvalue weighted by Gasteiger charge is 2.18. The molecule has 0 atom stereocenters. The lowest BCUT2D eigenvalue weighted by Gasteiger charge is -2.35. The first-order valence-corrected chi connectivity index (χ1v) is 9.71. The zero-order chi connectivity index (χ0) is 20.1. The number of nitrogens with one attached hydrogen (secondary N) is 1. The molecule has 5 nitrogen and oxygen atoms in total. The first kappa shape index (κ1) is 19.1. The van der Waals surface area contributed by atoms with Crippen LogP contribution in [0.4, 0.5) is 15.9 Å². The van der Waals surface area contributed by atoms with E-state index < -0.39 is 5.82 Å². The Labute approximate surface area is 169 Å². The van der Waals surface area contributed by atoms with E-state index in [1.807, 2.05) is 18.2 Å². The van der Waals surface area contributed by atoms with Crippen LogP contribution in [0.15, 0.2) is 72.9 Å². The Morgan fingerprint density at radius 1 is 0.966 bits per heavy atom. The average Bonchev–Trinajstić information content (AvgIpc) is 2.76. The molecule has 4 rings (SSSR count). The van der Waals surface area contributed by atoms with E-state index in [4.69, 9.17) is 0 Å². The molecule has 0 radical (unpaired) electrons. The van der Waals surface area contributed by atoms with Crippen molar-refractivity contribution in [2.45, 2.75) is 6.54 Å². The van der Waals surface area contributed by atoms with E-state index in [9.17, 15) is 9.18 Å². The molecule has 1 saturated heterocycles. The molecule has 0 spiro atoms. The predicted molar refractivity (Wildman–Crippen MR) is 113 cm³/mol. The van der Waals surface area contributed by atoms with E-state index in [-0.39, 0.29) is 11.5 Å². The zero-order valence-corrected chi connectivity index (χ0v) is 16.1. The fraction of sp³-hybridized carbons (Fsp3) is 0.217. The molecule has 1 aromatic heterocycles. The van der Waals surface area contributed by atoms with E-state index in [0.717, 1.165) is 38.5 Å². The zero-order valence-electron chi connectivity index (χ0n) is 16.1. The number of amides is 1. The molecule has 3 aromatic rings. The van der Waals surface area contributed by atoms with Crippen LogP contribution >= 0.6 is 0 Å². The molecular weight excluding hydrogens is 367 g/mol. The summed E-state index contributed by atoms with van der Waals surface area (Å²) in [6.07, 6.45) is 1.64. The predicted octanol–water partition coefficient (Wildman–Crippen LogP) is 3.80. The lowest BCUT2D eigenvalue weighted by atomic mass is 10.2. The number of rotatable bonds is 5. The summed E-state index contributed by atoms with van der Waals surface area (Å²) in [5, 5.41) is 2.76. The number of pyridine rings is 1. The van der Waals surface area contributed by atoms with Crippen LogP contribution in [0, 0.1) is 5.82 Å². The maximum Gasteiger partial charge on any atom is 0.255 e. The van der Waals surface area contributed by atoms with Gasteiger partial charge in [0.1, 0.15) is 11.6 Å². The minimum absolute atomic E-state index is 0.281. The molecule has 1 fully saturated rings. The van der Waals surface area contributed by atoms with Crippen molar-refractivity contribution in [3.05, 3.63) is 89.9 Å². The largest absolute Gasteiger partial charge is 0.354 e. The summed E-state index contributed by atoms with van der Waals surface area (Å²) < 4.78 is 13.3. The topological polar surface area (TPSA) is 48.5 Å². The van der Waals surface area contributed by atoms with Gasteiger partial charge in [0.25, 0.3) is 5.91 Å². The maximum atomic E-state index is 13.3. The van der Waals surface area contributed by atoms with E-state index in [0.29, 0.717) is 5.69 Å². The molecular formula is C23H23FN4O. The molecule has 29 heavy (non-hydrogen) atoms. The average molecular weight is 390 g/mol. The standard InChI is InChI=1S/C23H23FN4O/c24-20-8-4-7-19(15-20)23(29)26-21-9-10-22(25-16-21)28-13-11-27(12-14-28)17-18-5-2-1-3-6-18/h1-10,15-16H,11-14,17H2,(H,26,29). The second-order valence-corrected chi connectivity index (χ2v) is 7.12. The molecule has 148 valence electrons. The van der Waals surface area contributed by atoms with Crippen molar-refractivity contribution in [2.75, 3.05) is 36.4 Å². The normalized spacial score (nSPS) is 14.6. The van der Waals surface area contributed by atoms with Gasteiger partial charge in [-0.1, -0.05) is 36.4 Å². The second-order valence-electron chi connectivity index (χ2n) is 7.12. The summed E-state index contributed by atoms with van der Waals surface area (Å²) in [6.45, 7) is 4.75. The molecule has 0 aliphatic carbocycles. The third kappa shape index (κ3) is 4.97. The number of aromatic nitrogens is 1. The van der Waals surface area contributed by atoms with Crippen molar-refractivity contribution in [2.24, 2.45) is 0 Å². The van der Waals surface area contributed by atoms with Gasteiger partial charge in [0.05, 0.1) is 11.9 Å². The number of anilines is 2. The molecule has 6 heteroatoms. The number of carbonyl (C=O) groups excluding carboxylic acids is 1. The summed E-state index contributed by atoms with van der Waals surface area (Å²) in [5.74, 6) is 0.110. The van der Waals surface area contributed by atoms with Gasteiger partial charge in [-0.2, -0.15) is 0 Å². The van der Waals surface area contributed by atoms with Crippen LogP contribution in [-0.4, -0.2) is 42.0 Å². The fourth-order valence-corrected chi connectivity index (χ4v) is 3.46. The molecule has 0 unspecified atom stereocenters. The number of nitrogens with zero attached hydrogens (tertiary/aromatic N) is 3. The van der Waals surface area contributed by atoms with Gasteiger partial charge in [-0.05, 0) is 35.9 Å². The van der Waals surface area contributed by atoms with E-state index >= 15 is 0 Å². The second kappa shape index (κ2) is 8.84. The number of halogens is 1. The van der Waals surface area contributed by atoms with E-state index in [1.165, 1.54) is 23.8 Å². The molecule has 2 heterocycles. The molecule has 1 aliphatic heterocycles. The SMILES string of the molecule is O=C(Nc1ccc(N2CCN(Cc3ccccc3)CC2)nc1)c1cccc(F)c1. The number of carbonyl (C=O) groups is 1. The van der Waals surface area contributed by atoms with Crippen LogP contribution in [0.5, 0.6) is 0 Å². The van der Waals surface area contributed by atoms with Crippen LogP contribution in [0.3, 0.4) is 0 Å². The summed E-state index contributed by atoms with van der Waals surface area (Å²) >= 11 is 0. The van der Waals surface area contributed by atoms with Gasteiger partial charge in [-0.25, -0.2) is 9.37 Å². The van der Waals surface area contributed by atoms with Crippen molar-refractivity contribution in [3.63, 3.8) is 0 Å². The number of benzene rings is 2. The first-order valence-electron chi connectivity index (χ1n) is 9.71. The molecule has 0 saturated carbocycles. The Morgan fingerprint density at radius 2 is 1.76 bits per heavy atom. The van der Waals surface area contributed by atoms with Crippen LogP contribution in [0.1, 0.15) is 15.9 Å². The third-order valence-electron chi connectivity index (χ3n) is 5.04. The molecule has 1 N–H and O–H groups in total. The van der Waals surface area contributed by atoms with Crippen LogP contribution in [-0.2, 0) is 6.54 Å². The number of hydrogen-bond acceptors (Lipinski definition) is 4. The van der Waals surface area contributed by atoms with Crippen LogP contribution in [0.2, 0.25) is 0 Å². The summed E-state index contributed by atoms with van der Waals surface area (Å²) in [6, 6.07) is 19.9. The van der Waals surface area contributed by atoms with Crippen molar-refractivity contribution in [3.8, 4) is 0 Å². The Bertz CT molecular complexity index is 954. The highest BCUT2D eigenvalue weighted by molar-refractivity contribution is 6.04. The van der Waals surface area contributed by atoms with Crippen molar-refractivity contribution in [1.82, 2.24) is 9.88 Å². The van der Waals surface area contributed by atoms with E-state index in [2.05, 4.69) is 44.4 Å². The maximum absolute atomic E-state index is 13.3. The van der Waals surface area contributed by atoms with Gasteiger partial charge in [-0.3, -0.25) is 9.69 Å². The van der Waals surface area contributed by atoms with Crippen LogP contribution in [0.25, 0.3) is 0 Å². The Balaban J connectivity index is 1.31. The van der Waals surface area contributed by atoms with Crippen molar-refractivity contribution in [1.29, 1.82) is 0 Å². The highest BCUT2D eigenvalue weighted by Crippen LogP contribution is 2.18. The third-order valence-corrected chi connectivity index (χ3v) is 5.04. The minimum atomic E-state index is -0.433. The van der Waals surface area contributed by atoms with Crippen molar-refractivity contribution < 1.29 is 9.18 Å². The number of hydrogen-bond donors (Lipinski definition) is 1. The molecule has 1 amide bonds. The summed E-state index contributed by atoms with van der Waals surface area (Å²) in [7, 11) is 0. The Kier molecular flexibility index (Phi) is 5.81. The van der Waals surface area contributed by atoms with Gasteiger partial charge in [0.15, 0.2) is 0 Å². The molecule has 0 bridgehead atoms. The quantitative estimate of drug-likeness (QED) is 0.720. The monoisotopic (exact) mass is 390 g/mol. The smallest absolute Gasteiger partial charge is 0.255 e. The Hall–Kier alpha value is -3.25. The van der Waals surface area contributed by atoms with Gasteiger partial charge in [-0.15, -0.1) is 0 Å². The van der Waals surface area contributed by atoms with Gasteiger partial charge >= 0.3 is 0 Å². The number of piperazine rings is 1. The van der Waals surface area contributed by atoms with E-state index in [1.54, 1.807) is 12.3 Å². The summed E-state index contributed by atoms with van der Waals surface area (Å²) in [5.41, 5.74) is 2.20. The molecule has 1 aliphatic rings. The first-order chi connectivity index (χ1) is 14.2. The fourth-order valence-electron chi connectivity index (χ4n) is 3.46. The molecule has 2 aromatic carbocycles. The van der Waals surface area contributed by atoms with Gasteiger partial charge < -0.3 is 10.2 Å².